The smallest absolute Gasteiger partial charge is 0.357 e. The van der Waals surface area contributed by atoms with E-state index in [1.807, 2.05) is 44.1 Å². The van der Waals surface area contributed by atoms with Gasteiger partial charge in [0, 0.05) is 31.7 Å². The molecule has 1 aliphatic rings. The molecule has 1 fully saturated rings. The Kier molecular flexibility index (Phi) is 21.3. The van der Waals surface area contributed by atoms with Gasteiger partial charge < -0.3 is 28.0 Å². The molecule has 436 valence electrons. The Labute approximate surface area is 495 Å². The first-order valence-electron chi connectivity index (χ1n) is 28.8. The number of thiazole rings is 2. The van der Waals surface area contributed by atoms with E-state index in [9.17, 15) is 4.79 Å². The molecule has 82 heavy (non-hydrogen) atoms. The molecule has 18 heteroatoms. The maximum Gasteiger partial charge on any atom is 0.357 e. The lowest BCUT2D eigenvalue weighted by atomic mass is 10.1. The van der Waals surface area contributed by atoms with E-state index in [1.165, 1.54) is 54.1 Å². The van der Waals surface area contributed by atoms with Crippen molar-refractivity contribution in [3.05, 3.63) is 142 Å². The molecule has 7 aromatic rings. The van der Waals surface area contributed by atoms with E-state index in [1.54, 1.807) is 23.5 Å². The topological polar surface area (TPSA) is 116 Å². The fraction of sp³-hybridized carbons (Fsp3) is 0.453. The van der Waals surface area contributed by atoms with Gasteiger partial charge in [0.25, 0.3) is 8.32 Å². The normalized spacial score (nSPS) is 14.4. The number of fused-ring (bicyclic) bond motifs is 1. The van der Waals surface area contributed by atoms with Crippen molar-refractivity contribution in [1.29, 1.82) is 0 Å². The molecule has 4 heterocycles. The number of halogens is 1. The first-order chi connectivity index (χ1) is 39.3. The average Bonchev–Trinajstić information content (AvgIpc) is 4.15. The van der Waals surface area contributed by atoms with Crippen molar-refractivity contribution in [2.24, 2.45) is 4.99 Å². The van der Waals surface area contributed by atoms with E-state index >= 15 is 4.39 Å². The minimum Gasteiger partial charge on any atom is -0.491 e. The van der Waals surface area contributed by atoms with Crippen LogP contribution in [0.1, 0.15) is 85.8 Å². The lowest BCUT2D eigenvalue weighted by Gasteiger charge is -2.47. The number of rotatable bonds is 25. The molecule has 0 amide bonds. The van der Waals surface area contributed by atoms with Gasteiger partial charge in [0.1, 0.15) is 13.3 Å². The molecule has 1 unspecified atom stereocenters. The zero-order valence-electron chi connectivity index (χ0n) is 50.1. The van der Waals surface area contributed by atoms with Crippen molar-refractivity contribution in [3.63, 3.8) is 0 Å². The van der Waals surface area contributed by atoms with E-state index in [4.69, 9.17) is 38.8 Å². The van der Waals surface area contributed by atoms with Gasteiger partial charge in [-0.15, -0.1) is 21.5 Å². The van der Waals surface area contributed by atoms with Crippen molar-refractivity contribution in [1.82, 2.24) is 24.6 Å². The van der Waals surface area contributed by atoms with Crippen LogP contribution in [0, 0.1) is 24.6 Å². The molecule has 1 atom stereocenters. The number of anilines is 2. The second-order valence-corrected chi connectivity index (χ2v) is 36.3. The Morgan fingerprint density at radius 1 is 0.890 bits per heavy atom. The molecule has 8 rings (SSSR count). The van der Waals surface area contributed by atoms with Crippen LogP contribution in [0.2, 0.25) is 30.7 Å². The highest BCUT2D eigenvalue weighted by Gasteiger charge is 2.52. The summed E-state index contributed by atoms with van der Waals surface area (Å²) in [6.07, 6.45) is 5.97. The van der Waals surface area contributed by atoms with E-state index in [0.717, 1.165) is 68.5 Å². The van der Waals surface area contributed by atoms with Crippen LogP contribution < -0.4 is 24.8 Å². The van der Waals surface area contributed by atoms with Gasteiger partial charge in [-0.05, 0) is 129 Å². The number of likely N-dealkylation sites (tertiary alicyclic amines) is 1. The quantitative estimate of drug-likeness (QED) is 0.0180. The van der Waals surface area contributed by atoms with Gasteiger partial charge >= 0.3 is 5.97 Å². The number of nitrogens with zero attached hydrogens (tertiary/aromatic N) is 8. The number of carbonyl (C=O) groups excluding carboxylic acids is 1. The first-order valence-corrected chi connectivity index (χ1v) is 36.1. The summed E-state index contributed by atoms with van der Waals surface area (Å²) in [4.78, 5) is 29.4. The van der Waals surface area contributed by atoms with Crippen LogP contribution in [0.15, 0.2) is 114 Å². The number of hydrogen-bond donors (Lipinski definition) is 0. The van der Waals surface area contributed by atoms with Gasteiger partial charge in [-0.3, -0.25) is 9.47 Å². The van der Waals surface area contributed by atoms with E-state index in [2.05, 4.69) is 142 Å². The first kappa shape index (κ1) is 62.2. The van der Waals surface area contributed by atoms with Crippen LogP contribution in [-0.2, 0) is 27.1 Å². The van der Waals surface area contributed by atoms with Crippen LogP contribution in [0.3, 0.4) is 0 Å². The Morgan fingerprint density at radius 2 is 1.59 bits per heavy atom. The number of piperidine rings is 1. The Morgan fingerprint density at radius 3 is 2.23 bits per heavy atom. The SMILES string of the molecule is COC(=O)c1nc(N(CCCC(C[N+]2(C)CCCCC2)O[Si](c2ccccc2)(c2ccccc2)C(C)(C)C)c2cc(C)c(/N=c3\sc4ccccc4n3COCC[Si](C)(C)C)nn2)sc1CCCOc1ccc(C#CCN(C)C)cc1F. The van der Waals surface area contributed by atoms with Gasteiger partial charge in [0.15, 0.2) is 38.8 Å². The van der Waals surface area contributed by atoms with Crippen molar-refractivity contribution < 1.29 is 32.3 Å². The molecule has 13 nitrogen and oxygen atoms in total. The molecule has 1 aliphatic heterocycles. The molecule has 0 N–H and O–H groups in total. The van der Waals surface area contributed by atoms with E-state index in [0.29, 0.717) is 61.6 Å². The lowest BCUT2D eigenvalue weighted by Crippen LogP contribution is -2.69. The molecule has 4 aromatic carbocycles. The maximum absolute atomic E-state index is 15.2. The third-order valence-corrected chi connectivity index (χ3v) is 24.1. The predicted octanol–water partition coefficient (Wildman–Crippen LogP) is 12.1. The Hall–Kier alpha value is -5.89. The summed E-state index contributed by atoms with van der Waals surface area (Å²) < 4.78 is 45.1. The maximum atomic E-state index is 15.2. The number of ether oxygens (including phenoxy) is 3. The van der Waals surface area contributed by atoms with Crippen LogP contribution >= 0.6 is 22.7 Å². The highest BCUT2D eigenvalue weighted by atomic mass is 32.1. The molecular formula is C64H84FN8O5S2Si2+. The van der Waals surface area contributed by atoms with Gasteiger partial charge in [-0.2, -0.15) is 4.99 Å². The number of esters is 1. The summed E-state index contributed by atoms with van der Waals surface area (Å²) in [5.41, 5.74) is 2.69. The van der Waals surface area contributed by atoms with Gasteiger partial charge in [-0.1, -0.05) is 136 Å². The van der Waals surface area contributed by atoms with Gasteiger partial charge in [0.05, 0.1) is 56.7 Å². The number of benzene rings is 4. The number of aromatic nitrogens is 4. The minimum atomic E-state index is -2.95. The summed E-state index contributed by atoms with van der Waals surface area (Å²) in [5, 5.41) is 12.7. The van der Waals surface area contributed by atoms with Crippen molar-refractivity contribution in [3.8, 4) is 17.6 Å². The number of carbonyl (C=O) groups is 1. The molecular weight excluding hydrogens is 1100 g/mol. The lowest BCUT2D eigenvalue weighted by molar-refractivity contribution is -0.916. The van der Waals surface area contributed by atoms with Crippen LogP contribution in [0.4, 0.5) is 21.2 Å². The second-order valence-electron chi connectivity index (χ2n) is 24.4. The van der Waals surface area contributed by atoms with Crippen molar-refractivity contribution in [2.75, 3.05) is 79.1 Å². The number of aryl methyl sites for hydroxylation is 2. The highest BCUT2D eigenvalue weighted by Crippen LogP contribution is 2.39. The number of para-hydroxylation sites is 1. The third-order valence-electron chi connectivity index (χ3n) is 15.1. The number of hydrogen-bond acceptors (Lipinski definition) is 13. The molecule has 0 spiro atoms. The Bertz CT molecular complexity index is 3320. The molecule has 0 bridgehead atoms. The summed E-state index contributed by atoms with van der Waals surface area (Å²) in [6.45, 7) is 21.6. The van der Waals surface area contributed by atoms with Gasteiger partial charge in [0.2, 0.25) is 0 Å². The summed E-state index contributed by atoms with van der Waals surface area (Å²) in [5.74, 6) is 6.27. The molecule has 3 aromatic heterocycles. The zero-order chi connectivity index (χ0) is 58.5. The average molecular weight is 1180 g/mol. The monoisotopic (exact) mass is 1180 g/mol. The van der Waals surface area contributed by atoms with Gasteiger partial charge in [-0.25, -0.2) is 14.2 Å². The van der Waals surface area contributed by atoms with E-state index < -0.39 is 28.2 Å². The second kappa shape index (κ2) is 28.1. The third kappa shape index (κ3) is 16.0. The highest BCUT2D eigenvalue weighted by molar-refractivity contribution is 7.16. The number of likely N-dealkylation sites (N-methyl/N-ethyl adjacent to an activating group) is 1. The number of methoxy groups -OCH3 is 1. The fourth-order valence-electron chi connectivity index (χ4n) is 10.7. The molecule has 1 saturated heterocycles. The molecule has 0 saturated carbocycles. The summed E-state index contributed by atoms with van der Waals surface area (Å²) in [6, 6.07) is 38.0. The molecule has 0 radical (unpaired) electrons. The Balaban J connectivity index is 1.13. The minimum absolute atomic E-state index is 0.0905. The van der Waals surface area contributed by atoms with E-state index in [-0.39, 0.29) is 29.2 Å². The van der Waals surface area contributed by atoms with Crippen molar-refractivity contribution >= 4 is 82.4 Å². The summed E-state index contributed by atoms with van der Waals surface area (Å²) in [7, 11) is 3.41. The van der Waals surface area contributed by atoms with Crippen LogP contribution in [0.5, 0.6) is 5.75 Å². The standard InChI is InChI=1S/C64H84FN8O5S2Si2/c1-48-44-58(68-69-60(48)67-63-72(47-76-42-43-81(9,10)11)54-32-19-20-33-56(54)79-63)71(62-66-59(61(74)75-8)57(80-62)34-25-41-77-55-36-35-49(45-53(55)65)26-23-37-70(5)6)38-24-27-50(46-73(7)39-21-14-22-40-73)78-82(64(2,3)4,51-28-15-12-16-29-51)52-30-17-13-18-31-52/h12-13,15-20,28-33,35-36,44-45,50H,14,21-22,24-25,27,34,37-43,46-47H2,1-11H3/q+1/b67-63-. The fourth-order valence-corrected chi connectivity index (χ4v) is 18.3. The number of quaternary nitrogens is 1. The van der Waals surface area contributed by atoms with Crippen LogP contribution in [-0.4, -0.2) is 132 Å². The largest absolute Gasteiger partial charge is 0.491 e. The molecule has 0 aliphatic carbocycles. The van der Waals surface area contributed by atoms with Crippen LogP contribution in [0.25, 0.3) is 10.2 Å². The summed E-state index contributed by atoms with van der Waals surface area (Å²) >= 11 is 3.02. The predicted molar refractivity (Wildman–Crippen MR) is 338 cm³/mol. The zero-order valence-corrected chi connectivity index (χ0v) is 53.7. The van der Waals surface area contributed by atoms with Crippen molar-refractivity contribution in [2.45, 2.75) is 116 Å².